The fraction of sp³-hybridized carbons (Fsp3) is 0.257. The van der Waals surface area contributed by atoms with Crippen LogP contribution in [0.5, 0.6) is 34.5 Å². The van der Waals surface area contributed by atoms with E-state index >= 15 is 0 Å². The zero-order chi connectivity index (χ0) is 71.1. The Kier molecular flexibility index (Phi) is 26.5. The number of halogens is 1. The SMILES string of the molecule is C=CC(=O)Cl.C=CC(=O)N1CCN(c2nc(-c3ccc(Oc4ccccc4)cc3)c(C(=O)NC)s2)CC1.CNC(=O)c1sc(N2CCN(C(=O)OC(C)(C)C)CC2)nc1-c1ccc(Oc2ccccc2)cc1.CNC(=O)c1sc(N2CCNCC2)nc1-c1ccc(Oc2ccccc2)cc1. The number of hydrogen-bond acceptors (Lipinski definition) is 20. The first-order valence-electron chi connectivity index (χ1n) is 32.2. The number of hydrogen-bond donors (Lipinski definition) is 4. The van der Waals surface area contributed by atoms with Crippen LogP contribution in [0.1, 0.15) is 49.8 Å². The third kappa shape index (κ3) is 20.6. The van der Waals surface area contributed by atoms with Gasteiger partial charge in [-0.25, -0.2) is 19.7 Å². The molecular formula is C74H79ClN12O10S3. The molecule has 6 heterocycles. The van der Waals surface area contributed by atoms with E-state index in [1.54, 1.807) is 30.9 Å². The number of anilines is 3. The van der Waals surface area contributed by atoms with Crippen molar-refractivity contribution in [2.24, 2.45) is 0 Å². The first-order valence-corrected chi connectivity index (χ1v) is 35.0. The van der Waals surface area contributed by atoms with Gasteiger partial charge in [-0.15, -0.1) is 0 Å². The van der Waals surface area contributed by atoms with E-state index in [1.807, 2.05) is 185 Å². The molecule has 0 radical (unpaired) electrons. The molecule has 6 aromatic carbocycles. The smallest absolute Gasteiger partial charge is 0.410 e. The van der Waals surface area contributed by atoms with E-state index in [4.69, 9.17) is 45.5 Å². The number of aromatic nitrogens is 3. The van der Waals surface area contributed by atoms with Gasteiger partial charge in [-0.05, 0) is 154 Å². The molecule has 0 aliphatic carbocycles. The number of amides is 5. The minimum absolute atomic E-state index is 0.0617. The van der Waals surface area contributed by atoms with Crippen LogP contribution in [-0.2, 0) is 14.3 Å². The van der Waals surface area contributed by atoms with E-state index < -0.39 is 10.8 Å². The predicted octanol–water partition coefficient (Wildman–Crippen LogP) is 13.1. The average Bonchev–Trinajstić information content (AvgIpc) is 1.66. The minimum atomic E-state index is -0.525. The first kappa shape index (κ1) is 73.8. The van der Waals surface area contributed by atoms with Gasteiger partial charge in [-0.2, -0.15) is 0 Å². The molecule has 5 amide bonds. The van der Waals surface area contributed by atoms with E-state index in [1.165, 1.54) is 40.1 Å². The number of carbonyl (C=O) groups excluding carboxylic acids is 6. The maximum absolute atomic E-state index is 12.6. The Hall–Kier alpha value is -10.4. The Bertz CT molecular complexity index is 4210. The van der Waals surface area contributed by atoms with Gasteiger partial charge in [0.25, 0.3) is 17.7 Å². The van der Waals surface area contributed by atoms with Gasteiger partial charge in [0.05, 0.1) is 17.1 Å². The highest BCUT2D eigenvalue weighted by Gasteiger charge is 2.30. The highest BCUT2D eigenvalue weighted by atomic mass is 35.5. The van der Waals surface area contributed by atoms with E-state index in [0.717, 1.165) is 87.3 Å². The van der Waals surface area contributed by atoms with Crippen LogP contribution in [0.25, 0.3) is 33.8 Å². The molecule has 520 valence electrons. The van der Waals surface area contributed by atoms with E-state index in [0.29, 0.717) is 95.6 Å². The number of carbonyl (C=O) groups is 6. The van der Waals surface area contributed by atoms with Crippen molar-refractivity contribution in [1.29, 1.82) is 0 Å². The Labute approximate surface area is 598 Å². The van der Waals surface area contributed by atoms with Crippen LogP contribution in [0.3, 0.4) is 0 Å². The van der Waals surface area contributed by atoms with E-state index in [9.17, 15) is 28.8 Å². The van der Waals surface area contributed by atoms with Gasteiger partial charge in [0, 0.05) is 116 Å². The monoisotopic (exact) mass is 1430 g/mol. The van der Waals surface area contributed by atoms with Crippen molar-refractivity contribution in [1.82, 2.24) is 46.0 Å². The fourth-order valence-electron chi connectivity index (χ4n) is 10.1. The molecule has 0 atom stereocenters. The molecule has 3 aliphatic rings. The second kappa shape index (κ2) is 35.9. The van der Waals surface area contributed by atoms with E-state index in [2.05, 4.69) is 49.1 Å². The summed E-state index contributed by atoms with van der Waals surface area (Å²) in [5.74, 6) is 3.94. The predicted molar refractivity (Wildman–Crippen MR) is 398 cm³/mol. The number of piperazine rings is 3. The molecule has 22 nitrogen and oxygen atoms in total. The number of ether oxygens (including phenoxy) is 4. The summed E-state index contributed by atoms with van der Waals surface area (Å²) in [4.78, 5) is 97.4. The van der Waals surface area contributed by atoms with Crippen molar-refractivity contribution in [3.63, 3.8) is 0 Å². The van der Waals surface area contributed by atoms with Crippen molar-refractivity contribution in [3.05, 3.63) is 204 Å². The van der Waals surface area contributed by atoms with Gasteiger partial charge >= 0.3 is 6.09 Å². The van der Waals surface area contributed by atoms with Crippen LogP contribution in [-0.4, -0.2) is 165 Å². The summed E-state index contributed by atoms with van der Waals surface area (Å²) in [6.45, 7) is 20.7. The van der Waals surface area contributed by atoms with Crippen molar-refractivity contribution in [3.8, 4) is 68.3 Å². The second-order valence-electron chi connectivity index (χ2n) is 23.3. The highest BCUT2D eigenvalue weighted by molar-refractivity contribution is 7.18. The van der Waals surface area contributed by atoms with Crippen molar-refractivity contribution >= 4 is 96.0 Å². The third-order valence-corrected chi connectivity index (χ3v) is 18.8. The Morgan fingerprint density at radius 2 is 0.730 bits per heavy atom. The van der Waals surface area contributed by atoms with Gasteiger partial charge in [0.1, 0.15) is 54.7 Å². The molecule has 0 unspecified atom stereocenters. The number of para-hydroxylation sites is 3. The summed E-state index contributed by atoms with van der Waals surface area (Å²) in [6, 6.07) is 51.6. The lowest BCUT2D eigenvalue weighted by molar-refractivity contribution is -0.126. The fourth-order valence-corrected chi connectivity index (χ4v) is 13.4. The molecule has 100 heavy (non-hydrogen) atoms. The summed E-state index contributed by atoms with van der Waals surface area (Å²) in [5, 5.41) is 13.4. The molecule has 0 saturated carbocycles. The normalized spacial score (nSPS) is 13.4. The van der Waals surface area contributed by atoms with Gasteiger partial charge in [0.15, 0.2) is 15.4 Å². The number of allylic oxidation sites excluding steroid dienone is 1. The molecule has 9 aromatic rings. The summed E-state index contributed by atoms with van der Waals surface area (Å²) >= 11 is 8.87. The van der Waals surface area contributed by atoms with Crippen LogP contribution >= 0.6 is 45.6 Å². The average molecular weight is 1430 g/mol. The lowest BCUT2D eigenvalue weighted by atomic mass is 10.1. The van der Waals surface area contributed by atoms with Crippen LogP contribution in [0, 0.1) is 0 Å². The second-order valence-corrected chi connectivity index (χ2v) is 26.6. The molecule has 12 rings (SSSR count). The number of thiazole rings is 3. The molecule has 4 N–H and O–H groups in total. The molecular weight excluding hydrogens is 1350 g/mol. The quantitative estimate of drug-likeness (QED) is 0.0489. The minimum Gasteiger partial charge on any atom is -0.457 e. The van der Waals surface area contributed by atoms with Crippen LogP contribution in [0.15, 0.2) is 189 Å². The molecule has 3 aliphatic heterocycles. The number of nitrogens with one attached hydrogen (secondary N) is 4. The van der Waals surface area contributed by atoms with Crippen molar-refractivity contribution in [2.75, 3.05) is 114 Å². The van der Waals surface area contributed by atoms with Crippen molar-refractivity contribution < 1.29 is 47.7 Å². The number of benzene rings is 6. The standard InChI is InChI=1S/C26H30N4O4S.C24H24N4O3S.C21H22N4O2S.C3H3ClO/c1-26(2,3)34-25(32)30-16-14-29(15-17-30)24-28-21(22(35-24)23(31)27-4)18-10-12-20(13-11-18)33-19-8-6-5-7-9-19;1-3-20(29)27-13-15-28(16-14-27)24-26-21(22(32-24)23(30)25-2)17-9-11-19(12-10-17)31-18-7-5-4-6-8-18;1-22-20(26)19-18(24-21(28-19)25-13-11-23-12-14-25)15-7-9-17(10-8-15)27-16-5-3-2-4-6-16;1-2-3(4)5/h5-13H,14-17H2,1-4H3,(H,27,31);3-12H,1,13-16H2,2H3,(H,25,30);2-10,23H,11-14H2,1H3,(H,22,26);2H,1H2. The summed E-state index contributed by atoms with van der Waals surface area (Å²) in [5.41, 5.74) is 4.03. The van der Waals surface area contributed by atoms with Gasteiger partial charge < -0.3 is 64.7 Å². The maximum atomic E-state index is 12.6. The summed E-state index contributed by atoms with van der Waals surface area (Å²) in [7, 11) is 4.87. The maximum Gasteiger partial charge on any atom is 0.410 e. The zero-order valence-corrected chi connectivity index (χ0v) is 59.6. The Morgan fingerprint density at radius 3 is 1.01 bits per heavy atom. The summed E-state index contributed by atoms with van der Waals surface area (Å²) in [6.07, 6.45) is 2.08. The molecule has 3 saturated heterocycles. The van der Waals surface area contributed by atoms with Crippen molar-refractivity contribution in [2.45, 2.75) is 26.4 Å². The zero-order valence-electron chi connectivity index (χ0n) is 56.4. The van der Waals surface area contributed by atoms with E-state index in [-0.39, 0.29) is 29.7 Å². The Balaban J connectivity index is 0.000000170. The highest BCUT2D eigenvalue weighted by Crippen LogP contribution is 2.39. The molecule has 0 bridgehead atoms. The summed E-state index contributed by atoms with van der Waals surface area (Å²) < 4.78 is 23.1. The lowest BCUT2D eigenvalue weighted by Crippen LogP contribution is -2.50. The topological polar surface area (TPSA) is 242 Å². The van der Waals surface area contributed by atoms with Crippen LogP contribution in [0.2, 0.25) is 0 Å². The van der Waals surface area contributed by atoms with Gasteiger partial charge in [-0.3, -0.25) is 24.0 Å². The van der Waals surface area contributed by atoms with Crippen LogP contribution in [0.4, 0.5) is 20.2 Å². The first-order chi connectivity index (χ1) is 48.3. The molecule has 3 aromatic heterocycles. The lowest BCUT2D eigenvalue weighted by Gasteiger charge is -2.35. The van der Waals surface area contributed by atoms with Crippen LogP contribution < -0.4 is 50.2 Å². The van der Waals surface area contributed by atoms with Gasteiger partial charge in [-0.1, -0.05) is 102 Å². The third-order valence-electron chi connectivity index (χ3n) is 15.3. The molecule has 26 heteroatoms. The number of rotatable bonds is 17. The number of nitrogens with zero attached hydrogens (tertiary/aromatic N) is 8. The molecule has 3 fully saturated rings. The Morgan fingerprint density at radius 1 is 0.440 bits per heavy atom. The van der Waals surface area contributed by atoms with Gasteiger partial charge in [0.2, 0.25) is 11.1 Å². The molecule has 0 spiro atoms. The largest absolute Gasteiger partial charge is 0.457 e.